The van der Waals surface area contributed by atoms with Gasteiger partial charge in [-0.25, -0.2) is 4.98 Å². The van der Waals surface area contributed by atoms with Gasteiger partial charge in [-0.15, -0.1) is 0 Å². The maximum Gasteiger partial charge on any atom is 0.259 e. The number of carbonyl (C=O) groups excluding carboxylic acids is 2. The summed E-state index contributed by atoms with van der Waals surface area (Å²) in [6.45, 7) is 0. The topological polar surface area (TPSA) is 118 Å². The van der Waals surface area contributed by atoms with Crippen LogP contribution in [0.1, 0.15) is 22.5 Å². The van der Waals surface area contributed by atoms with Gasteiger partial charge in [-0.2, -0.15) is 5.10 Å². The zero-order valence-electron chi connectivity index (χ0n) is 19.3. The van der Waals surface area contributed by atoms with E-state index in [-0.39, 0.29) is 18.2 Å². The monoisotopic (exact) mass is 477 g/mol. The van der Waals surface area contributed by atoms with Gasteiger partial charge in [-0.05, 0) is 30.3 Å². The van der Waals surface area contributed by atoms with Crippen molar-refractivity contribution in [3.8, 4) is 16.8 Å². The number of nitrogens with zero attached hydrogens (tertiary/aromatic N) is 4. The average molecular weight is 478 g/mol. The van der Waals surface area contributed by atoms with Crippen LogP contribution >= 0.6 is 0 Å². The standard InChI is InChI=1S/C27H23N7O2/c35-25(31-22-7-3-1-4-8-22)12-11-23-18-34(24-9-5-2-6-10-24)27(32-23)33-26(36)20-13-19(14-28-15-20)21-16-29-30-17-21/h1-10,13-18H,11-12H2,(H,29,30)(H,31,35)(H,32,33,36). The molecule has 178 valence electrons. The van der Waals surface area contributed by atoms with Crippen LogP contribution in [0, 0.1) is 0 Å². The zero-order valence-corrected chi connectivity index (χ0v) is 19.3. The Morgan fingerprint density at radius 1 is 0.889 bits per heavy atom. The number of aryl methyl sites for hydroxylation is 1. The van der Waals surface area contributed by atoms with Crippen LogP contribution in [0.3, 0.4) is 0 Å². The normalized spacial score (nSPS) is 10.7. The Morgan fingerprint density at radius 2 is 1.67 bits per heavy atom. The van der Waals surface area contributed by atoms with Gasteiger partial charge in [0.1, 0.15) is 0 Å². The van der Waals surface area contributed by atoms with E-state index in [1.165, 1.54) is 6.20 Å². The lowest BCUT2D eigenvalue weighted by Gasteiger charge is -2.09. The molecule has 5 aromatic rings. The number of pyridine rings is 1. The Hall–Kier alpha value is -5.05. The lowest BCUT2D eigenvalue weighted by atomic mass is 10.1. The van der Waals surface area contributed by atoms with Gasteiger partial charge >= 0.3 is 0 Å². The Bertz CT molecular complexity index is 1460. The van der Waals surface area contributed by atoms with E-state index in [2.05, 4.69) is 30.8 Å². The summed E-state index contributed by atoms with van der Waals surface area (Å²) in [5.74, 6) is -0.0921. The lowest BCUT2D eigenvalue weighted by Crippen LogP contribution is -2.16. The fraction of sp³-hybridized carbons (Fsp3) is 0.0741. The maximum atomic E-state index is 13.1. The van der Waals surface area contributed by atoms with Crippen LogP contribution in [0.25, 0.3) is 16.8 Å². The average Bonchev–Trinajstić information content (AvgIpc) is 3.59. The predicted octanol–water partition coefficient (Wildman–Crippen LogP) is 4.48. The molecule has 3 heterocycles. The van der Waals surface area contributed by atoms with Crippen molar-refractivity contribution in [2.24, 2.45) is 0 Å². The van der Waals surface area contributed by atoms with Crippen LogP contribution < -0.4 is 10.6 Å². The quantitative estimate of drug-likeness (QED) is 0.305. The van der Waals surface area contributed by atoms with E-state index in [1.807, 2.05) is 66.9 Å². The number of hydrogen-bond donors (Lipinski definition) is 3. The summed E-state index contributed by atoms with van der Waals surface area (Å²) >= 11 is 0. The Labute approximate surface area is 207 Å². The molecule has 36 heavy (non-hydrogen) atoms. The summed E-state index contributed by atoms with van der Waals surface area (Å²) in [5, 5.41) is 12.5. The Balaban J connectivity index is 1.34. The number of carbonyl (C=O) groups is 2. The van der Waals surface area contributed by atoms with Crippen LogP contribution in [0.15, 0.2) is 97.7 Å². The molecule has 0 spiro atoms. The molecule has 9 nitrogen and oxygen atoms in total. The van der Waals surface area contributed by atoms with Crippen molar-refractivity contribution in [1.82, 2.24) is 24.7 Å². The van der Waals surface area contributed by atoms with Crippen molar-refractivity contribution in [2.75, 3.05) is 10.6 Å². The molecule has 0 fully saturated rings. The van der Waals surface area contributed by atoms with Gasteiger partial charge in [-0.1, -0.05) is 36.4 Å². The zero-order chi connectivity index (χ0) is 24.7. The summed E-state index contributed by atoms with van der Waals surface area (Å²) in [6.07, 6.45) is 9.08. The highest BCUT2D eigenvalue weighted by Gasteiger charge is 2.16. The molecule has 0 unspecified atom stereocenters. The Kier molecular flexibility index (Phi) is 6.61. The van der Waals surface area contributed by atoms with Gasteiger partial charge in [0.05, 0.1) is 17.5 Å². The van der Waals surface area contributed by atoms with Crippen LogP contribution in [0.2, 0.25) is 0 Å². The van der Waals surface area contributed by atoms with Gasteiger partial charge in [0.15, 0.2) is 0 Å². The first-order chi connectivity index (χ1) is 17.7. The largest absolute Gasteiger partial charge is 0.326 e. The molecule has 5 rings (SSSR count). The molecule has 2 amide bonds. The minimum absolute atomic E-state index is 0.108. The third-order valence-electron chi connectivity index (χ3n) is 5.51. The highest BCUT2D eigenvalue weighted by Crippen LogP contribution is 2.21. The van der Waals surface area contributed by atoms with Crippen molar-refractivity contribution >= 4 is 23.5 Å². The van der Waals surface area contributed by atoms with E-state index in [9.17, 15) is 9.59 Å². The summed E-state index contributed by atoms with van der Waals surface area (Å²) in [6, 6.07) is 20.6. The molecule has 0 radical (unpaired) electrons. The number of rotatable bonds is 8. The van der Waals surface area contributed by atoms with E-state index in [0.717, 1.165) is 22.5 Å². The molecule has 0 aliphatic carbocycles. The highest BCUT2D eigenvalue weighted by atomic mass is 16.2. The van der Waals surface area contributed by atoms with E-state index in [4.69, 9.17) is 0 Å². The molecule has 0 saturated carbocycles. The number of H-pyrrole nitrogens is 1. The number of anilines is 2. The second-order valence-corrected chi connectivity index (χ2v) is 8.08. The minimum Gasteiger partial charge on any atom is -0.326 e. The van der Waals surface area contributed by atoms with Crippen molar-refractivity contribution in [1.29, 1.82) is 0 Å². The second kappa shape index (κ2) is 10.5. The minimum atomic E-state index is -0.344. The molecule has 9 heteroatoms. The van der Waals surface area contributed by atoms with Crippen LogP contribution in [-0.2, 0) is 11.2 Å². The molecule has 3 N–H and O–H groups in total. The summed E-state index contributed by atoms with van der Waals surface area (Å²) in [4.78, 5) is 34.3. The maximum absolute atomic E-state index is 13.1. The molecule has 0 bridgehead atoms. The third kappa shape index (κ3) is 5.36. The number of hydrogen-bond acceptors (Lipinski definition) is 5. The molecule has 0 aliphatic heterocycles. The van der Waals surface area contributed by atoms with E-state index in [0.29, 0.717) is 23.6 Å². The number of aromatic amines is 1. The predicted molar refractivity (Wildman–Crippen MR) is 137 cm³/mol. The lowest BCUT2D eigenvalue weighted by molar-refractivity contribution is -0.116. The van der Waals surface area contributed by atoms with E-state index >= 15 is 0 Å². The first-order valence-electron chi connectivity index (χ1n) is 11.4. The molecule has 3 aromatic heterocycles. The first-order valence-corrected chi connectivity index (χ1v) is 11.4. The second-order valence-electron chi connectivity index (χ2n) is 8.08. The smallest absolute Gasteiger partial charge is 0.259 e. The highest BCUT2D eigenvalue weighted by molar-refractivity contribution is 6.04. The molecule has 2 aromatic carbocycles. The summed E-state index contributed by atoms with van der Waals surface area (Å²) < 4.78 is 1.80. The third-order valence-corrected chi connectivity index (χ3v) is 5.51. The van der Waals surface area contributed by atoms with Gasteiger partial charge in [0, 0.05) is 60.1 Å². The number of imidazole rings is 1. The number of amides is 2. The molecule has 0 saturated heterocycles. The van der Waals surface area contributed by atoms with Crippen LogP contribution in [-0.4, -0.2) is 36.5 Å². The van der Waals surface area contributed by atoms with Crippen molar-refractivity contribution < 1.29 is 9.59 Å². The van der Waals surface area contributed by atoms with E-state index < -0.39 is 0 Å². The van der Waals surface area contributed by atoms with Crippen molar-refractivity contribution in [3.63, 3.8) is 0 Å². The first kappa shape index (κ1) is 22.7. The fourth-order valence-corrected chi connectivity index (χ4v) is 3.71. The van der Waals surface area contributed by atoms with Crippen molar-refractivity contribution in [3.05, 3.63) is 109 Å². The molecular weight excluding hydrogens is 454 g/mol. The van der Waals surface area contributed by atoms with Gasteiger partial charge in [-0.3, -0.25) is 29.6 Å². The van der Waals surface area contributed by atoms with Crippen LogP contribution in [0.5, 0.6) is 0 Å². The SMILES string of the molecule is O=C(CCc1cn(-c2ccccc2)c(NC(=O)c2cncc(-c3cn[nH]c3)c2)n1)Nc1ccccc1. The van der Waals surface area contributed by atoms with Crippen molar-refractivity contribution in [2.45, 2.75) is 12.8 Å². The summed E-state index contributed by atoms with van der Waals surface area (Å²) in [5.41, 5.74) is 4.26. The molecule has 0 aliphatic rings. The number of benzene rings is 2. The fourth-order valence-electron chi connectivity index (χ4n) is 3.71. The van der Waals surface area contributed by atoms with E-state index in [1.54, 1.807) is 29.2 Å². The van der Waals surface area contributed by atoms with Crippen LogP contribution in [0.4, 0.5) is 11.6 Å². The van der Waals surface area contributed by atoms with Gasteiger partial charge < -0.3 is 5.32 Å². The van der Waals surface area contributed by atoms with Gasteiger partial charge in [0.25, 0.3) is 5.91 Å². The van der Waals surface area contributed by atoms with Gasteiger partial charge in [0.2, 0.25) is 11.9 Å². The molecule has 0 atom stereocenters. The number of nitrogens with one attached hydrogen (secondary N) is 3. The number of para-hydroxylation sites is 2. The molecular formula is C27H23N7O2. The summed E-state index contributed by atoms with van der Waals surface area (Å²) in [7, 11) is 0. The number of aromatic nitrogens is 5. The Morgan fingerprint density at radius 3 is 2.42 bits per heavy atom.